The van der Waals surface area contributed by atoms with E-state index in [2.05, 4.69) is 0 Å². The van der Waals surface area contributed by atoms with Gasteiger partial charge in [0.15, 0.2) is 11.4 Å². The lowest BCUT2D eigenvalue weighted by Crippen LogP contribution is -2.45. The number of carbonyl (C=O) groups excluding carboxylic acids is 1. The van der Waals surface area contributed by atoms with E-state index >= 15 is 0 Å². The van der Waals surface area contributed by atoms with Crippen LogP contribution in [0, 0.1) is 5.92 Å². The molecule has 2 nitrogen and oxygen atoms in total. The molecule has 1 atom stereocenters. The largest absolute Gasteiger partial charge is 0.359 e. The van der Waals surface area contributed by atoms with Crippen molar-refractivity contribution in [3.8, 4) is 0 Å². The lowest BCUT2D eigenvalue weighted by molar-refractivity contribution is -0.0869. The van der Waals surface area contributed by atoms with Crippen LogP contribution in [0.3, 0.4) is 0 Å². The maximum atomic E-state index is 13.3. The highest BCUT2D eigenvalue weighted by atomic mass is 16.5. The highest BCUT2D eigenvalue weighted by Gasteiger charge is 2.45. The Morgan fingerprint density at radius 3 is 1.82 bits per heavy atom. The van der Waals surface area contributed by atoms with E-state index in [1.165, 1.54) is 0 Å². The SMILES string of the molecule is CC(C)OC(C(=O)c1ccccc1)(c1ccccc1)C(C)C. The summed E-state index contributed by atoms with van der Waals surface area (Å²) in [4.78, 5) is 13.3. The van der Waals surface area contributed by atoms with Crippen LogP contribution in [0.1, 0.15) is 43.6 Å². The number of ketones is 1. The highest BCUT2D eigenvalue weighted by Crippen LogP contribution is 2.38. The minimum atomic E-state index is -0.962. The lowest BCUT2D eigenvalue weighted by Gasteiger charge is -2.38. The maximum Gasteiger partial charge on any atom is 0.199 e. The van der Waals surface area contributed by atoms with Crippen LogP contribution in [0.4, 0.5) is 0 Å². The van der Waals surface area contributed by atoms with E-state index in [-0.39, 0.29) is 17.8 Å². The normalized spacial score (nSPS) is 14.1. The first-order valence-corrected chi connectivity index (χ1v) is 7.81. The summed E-state index contributed by atoms with van der Waals surface area (Å²) in [6.07, 6.45) is -0.0460. The summed E-state index contributed by atoms with van der Waals surface area (Å²) in [6.45, 7) is 8.02. The molecule has 0 spiro atoms. The van der Waals surface area contributed by atoms with Gasteiger partial charge in [-0.15, -0.1) is 0 Å². The van der Waals surface area contributed by atoms with Crippen LogP contribution >= 0.6 is 0 Å². The number of hydrogen-bond donors (Lipinski definition) is 0. The van der Waals surface area contributed by atoms with Gasteiger partial charge in [0, 0.05) is 5.56 Å². The van der Waals surface area contributed by atoms with Gasteiger partial charge in [-0.2, -0.15) is 0 Å². The molecule has 116 valence electrons. The van der Waals surface area contributed by atoms with Crippen LogP contribution in [0.15, 0.2) is 60.7 Å². The second kappa shape index (κ2) is 6.89. The summed E-state index contributed by atoms with van der Waals surface area (Å²) in [5.74, 6) is 0.0352. The molecule has 0 saturated heterocycles. The Bertz CT molecular complexity index is 602. The second-order valence-electron chi connectivity index (χ2n) is 6.12. The van der Waals surface area contributed by atoms with Gasteiger partial charge in [0.05, 0.1) is 6.10 Å². The van der Waals surface area contributed by atoms with Crippen LogP contribution in [0.5, 0.6) is 0 Å². The predicted octanol–water partition coefficient (Wildman–Crippen LogP) is 4.85. The average molecular weight is 296 g/mol. The van der Waals surface area contributed by atoms with E-state index in [0.717, 1.165) is 5.56 Å². The Hall–Kier alpha value is -1.93. The van der Waals surface area contributed by atoms with Crippen molar-refractivity contribution in [2.45, 2.75) is 39.4 Å². The van der Waals surface area contributed by atoms with Crippen molar-refractivity contribution in [2.24, 2.45) is 5.92 Å². The van der Waals surface area contributed by atoms with Crippen molar-refractivity contribution >= 4 is 5.78 Å². The van der Waals surface area contributed by atoms with Crippen LogP contribution in [0.25, 0.3) is 0 Å². The van der Waals surface area contributed by atoms with Crippen molar-refractivity contribution in [3.63, 3.8) is 0 Å². The number of carbonyl (C=O) groups is 1. The average Bonchev–Trinajstić information content (AvgIpc) is 2.53. The van der Waals surface area contributed by atoms with Crippen molar-refractivity contribution in [1.29, 1.82) is 0 Å². The Morgan fingerprint density at radius 1 is 0.864 bits per heavy atom. The van der Waals surface area contributed by atoms with Gasteiger partial charge in [-0.25, -0.2) is 0 Å². The van der Waals surface area contributed by atoms with Crippen LogP contribution in [0.2, 0.25) is 0 Å². The Labute approximate surface area is 133 Å². The third kappa shape index (κ3) is 3.12. The van der Waals surface area contributed by atoms with E-state index in [0.29, 0.717) is 5.56 Å². The fourth-order valence-corrected chi connectivity index (χ4v) is 2.85. The molecule has 0 amide bonds. The van der Waals surface area contributed by atoms with Gasteiger partial charge in [0.1, 0.15) is 0 Å². The number of hydrogen-bond acceptors (Lipinski definition) is 2. The van der Waals surface area contributed by atoms with E-state index in [4.69, 9.17) is 4.74 Å². The molecule has 2 aromatic carbocycles. The summed E-state index contributed by atoms with van der Waals surface area (Å²) < 4.78 is 6.25. The summed E-state index contributed by atoms with van der Waals surface area (Å²) in [7, 11) is 0. The Morgan fingerprint density at radius 2 is 1.36 bits per heavy atom. The van der Waals surface area contributed by atoms with Crippen LogP contribution < -0.4 is 0 Å². The predicted molar refractivity (Wildman–Crippen MR) is 90.0 cm³/mol. The minimum Gasteiger partial charge on any atom is -0.359 e. The van der Waals surface area contributed by atoms with Crippen LogP contribution in [-0.2, 0) is 10.3 Å². The molecule has 1 unspecified atom stereocenters. The molecule has 0 aliphatic carbocycles. The summed E-state index contributed by atoms with van der Waals surface area (Å²) in [6, 6.07) is 19.2. The summed E-state index contributed by atoms with van der Waals surface area (Å²) in [5, 5.41) is 0. The molecular weight excluding hydrogens is 272 g/mol. The number of rotatable bonds is 6. The molecule has 0 N–H and O–H groups in total. The highest BCUT2D eigenvalue weighted by molar-refractivity contribution is 6.03. The zero-order valence-corrected chi connectivity index (χ0v) is 13.7. The van der Waals surface area contributed by atoms with E-state index in [1.807, 2.05) is 88.4 Å². The zero-order chi connectivity index (χ0) is 16.2. The summed E-state index contributed by atoms with van der Waals surface area (Å²) in [5.41, 5.74) is 0.629. The van der Waals surface area contributed by atoms with Crippen molar-refractivity contribution < 1.29 is 9.53 Å². The van der Waals surface area contributed by atoms with Crippen molar-refractivity contribution in [3.05, 3.63) is 71.8 Å². The molecular formula is C20H24O2. The molecule has 0 aliphatic heterocycles. The number of ether oxygens (including phenoxy) is 1. The molecule has 22 heavy (non-hydrogen) atoms. The zero-order valence-electron chi connectivity index (χ0n) is 13.7. The van der Waals surface area contributed by atoms with Gasteiger partial charge < -0.3 is 4.74 Å². The minimum absolute atomic E-state index is 0.0167. The van der Waals surface area contributed by atoms with E-state index in [9.17, 15) is 4.79 Å². The molecule has 0 saturated carbocycles. The number of Topliss-reactive ketones (excluding diaryl/α,β-unsaturated/α-hetero) is 1. The molecule has 0 bridgehead atoms. The molecule has 0 radical (unpaired) electrons. The Balaban J connectivity index is 2.60. The molecule has 2 rings (SSSR count). The van der Waals surface area contributed by atoms with Crippen LogP contribution in [-0.4, -0.2) is 11.9 Å². The molecule has 2 aromatic rings. The third-order valence-electron chi connectivity index (χ3n) is 3.81. The first kappa shape index (κ1) is 16.4. The first-order chi connectivity index (χ1) is 10.5. The maximum absolute atomic E-state index is 13.3. The van der Waals surface area contributed by atoms with Gasteiger partial charge >= 0.3 is 0 Å². The molecule has 2 heteroatoms. The van der Waals surface area contributed by atoms with Gasteiger partial charge in [-0.05, 0) is 25.3 Å². The third-order valence-corrected chi connectivity index (χ3v) is 3.81. The molecule has 0 aromatic heterocycles. The Kier molecular flexibility index (Phi) is 5.15. The smallest absolute Gasteiger partial charge is 0.199 e. The monoisotopic (exact) mass is 296 g/mol. The van der Waals surface area contributed by atoms with Gasteiger partial charge in [-0.1, -0.05) is 74.5 Å². The standard InChI is InChI=1S/C20H24O2/c1-15(2)20(22-16(3)4,18-13-9-6-10-14-18)19(21)17-11-7-5-8-12-17/h5-16H,1-4H3. The molecule has 0 heterocycles. The van der Waals surface area contributed by atoms with Gasteiger partial charge in [-0.3, -0.25) is 4.79 Å². The van der Waals surface area contributed by atoms with Crippen molar-refractivity contribution in [2.75, 3.05) is 0 Å². The quantitative estimate of drug-likeness (QED) is 0.713. The lowest BCUT2D eigenvalue weighted by atomic mass is 9.77. The number of benzene rings is 2. The first-order valence-electron chi connectivity index (χ1n) is 7.81. The van der Waals surface area contributed by atoms with Gasteiger partial charge in [0.2, 0.25) is 0 Å². The topological polar surface area (TPSA) is 26.3 Å². The summed E-state index contributed by atoms with van der Waals surface area (Å²) >= 11 is 0. The molecule has 0 aliphatic rings. The fourth-order valence-electron chi connectivity index (χ4n) is 2.85. The van der Waals surface area contributed by atoms with E-state index in [1.54, 1.807) is 0 Å². The second-order valence-corrected chi connectivity index (χ2v) is 6.12. The van der Waals surface area contributed by atoms with Gasteiger partial charge in [0.25, 0.3) is 0 Å². The fraction of sp³-hybridized carbons (Fsp3) is 0.350. The molecule has 0 fully saturated rings. The van der Waals surface area contributed by atoms with E-state index < -0.39 is 5.60 Å². The van der Waals surface area contributed by atoms with Crippen molar-refractivity contribution in [1.82, 2.24) is 0 Å².